The molecule has 0 aliphatic rings. The Labute approximate surface area is 134 Å². The number of benzene rings is 2. The number of aromatic carboxylic acids is 1. The molecule has 0 atom stereocenters. The molecule has 0 heterocycles. The fourth-order valence-electron chi connectivity index (χ4n) is 1.57. The van der Waals surface area contributed by atoms with Crippen molar-refractivity contribution in [2.75, 3.05) is 4.72 Å². The van der Waals surface area contributed by atoms with E-state index in [9.17, 15) is 13.2 Å². The first kappa shape index (κ1) is 15.8. The Morgan fingerprint density at radius 2 is 1.76 bits per heavy atom. The molecular weight excluding hydrogens is 382 g/mol. The lowest BCUT2D eigenvalue weighted by molar-refractivity contribution is 0.0695. The standard InChI is InChI=1S/C13H9BrClNO4S/c14-12-6-5-10(7-11(12)13(17)18)21(19,20)16-9-3-1-8(15)2-4-9/h1-7,16H,(H,17,18). The molecule has 2 rings (SSSR count). The molecule has 110 valence electrons. The average molecular weight is 391 g/mol. The summed E-state index contributed by atoms with van der Waals surface area (Å²) in [4.78, 5) is 10.9. The Hall–Kier alpha value is -1.57. The number of carboxylic acid groups (broad SMARTS) is 1. The van der Waals surface area contributed by atoms with E-state index in [0.717, 1.165) is 6.07 Å². The van der Waals surface area contributed by atoms with Gasteiger partial charge in [0.2, 0.25) is 0 Å². The third-order valence-corrected chi connectivity index (χ3v) is 4.90. The molecule has 2 N–H and O–H groups in total. The van der Waals surface area contributed by atoms with Crippen LogP contribution in [0.3, 0.4) is 0 Å². The van der Waals surface area contributed by atoms with Gasteiger partial charge in [-0.1, -0.05) is 11.6 Å². The number of anilines is 1. The molecule has 5 nitrogen and oxygen atoms in total. The molecule has 2 aromatic rings. The molecule has 0 bridgehead atoms. The van der Waals surface area contributed by atoms with Gasteiger partial charge in [0.25, 0.3) is 10.0 Å². The normalized spacial score (nSPS) is 11.1. The number of carbonyl (C=O) groups is 1. The van der Waals surface area contributed by atoms with Gasteiger partial charge in [0.05, 0.1) is 10.5 Å². The summed E-state index contributed by atoms with van der Waals surface area (Å²) in [6, 6.07) is 9.89. The Morgan fingerprint density at radius 1 is 1.14 bits per heavy atom. The molecule has 0 unspecified atom stereocenters. The van der Waals surface area contributed by atoms with Crippen LogP contribution < -0.4 is 4.72 Å². The van der Waals surface area contributed by atoms with E-state index in [1.165, 1.54) is 24.3 Å². The molecule has 0 amide bonds. The molecular formula is C13H9BrClNO4S. The first-order valence-electron chi connectivity index (χ1n) is 5.61. The van der Waals surface area contributed by atoms with Gasteiger partial charge in [0.15, 0.2) is 0 Å². The van der Waals surface area contributed by atoms with Gasteiger partial charge in [-0.05, 0) is 58.4 Å². The lowest BCUT2D eigenvalue weighted by Gasteiger charge is -2.09. The predicted molar refractivity (Wildman–Crippen MR) is 83.4 cm³/mol. The minimum absolute atomic E-state index is 0.131. The molecule has 0 aliphatic carbocycles. The van der Waals surface area contributed by atoms with Crippen LogP contribution in [-0.4, -0.2) is 19.5 Å². The fourth-order valence-corrected chi connectivity index (χ4v) is 3.19. The van der Waals surface area contributed by atoms with Crippen molar-refractivity contribution in [1.82, 2.24) is 0 Å². The molecule has 0 spiro atoms. The maximum Gasteiger partial charge on any atom is 0.336 e. The van der Waals surface area contributed by atoms with Crippen LogP contribution in [0.15, 0.2) is 51.8 Å². The van der Waals surface area contributed by atoms with Gasteiger partial charge >= 0.3 is 5.97 Å². The lowest BCUT2D eigenvalue weighted by atomic mass is 10.2. The van der Waals surface area contributed by atoms with Crippen LogP contribution in [0.25, 0.3) is 0 Å². The van der Waals surface area contributed by atoms with Crippen LogP contribution >= 0.6 is 27.5 Å². The van der Waals surface area contributed by atoms with Crippen molar-refractivity contribution >= 4 is 49.2 Å². The number of sulfonamides is 1. The zero-order valence-corrected chi connectivity index (χ0v) is 13.5. The maximum absolute atomic E-state index is 12.2. The number of halogens is 2. The monoisotopic (exact) mass is 389 g/mol. The molecule has 0 aliphatic heterocycles. The Morgan fingerprint density at radius 3 is 2.33 bits per heavy atom. The summed E-state index contributed by atoms with van der Waals surface area (Å²) in [6.07, 6.45) is 0. The highest BCUT2D eigenvalue weighted by molar-refractivity contribution is 9.10. The van der Waals surface area contributed by atoms with Gasteiger partial charge in [0.1, 0.15) is 0 Å². The van der Waals surface area contributed by atoms with Crippen LogP contribution in [-0.2, 0) is 10.0 Å². The highest BCUT2D eigenvalue weighted by atomic mass is 79.9. The second-order valence-corrected chi connectivity index (χ2v) is 7.03. The lowest BCUT2D eigenvalue weighted by Crippen LogP contribution is -2.14. The zero-order chi connectivity index (χ0) is 15.6. The fraction of sp³-hybridized carbons (Fsp3) is 0. The number of hydrogen-bond donors (Lipinski definition) is 2. The largest absolute Gasteiger partial charge is 0.478 e. The van der Waals surface area contributed by atoms with Gasteiger partial charge < -0.3 is 5.11 Å². The minimum atomic E-state index is -3.88. The second kappa shape index (κ2) is 6.05. The van der Waals surface area contributed by atoms with Crippen molar-refractivity contribution in [3.63, 3.8) is 0 Å². The molecule has 0 fully saturated rings. The number of rotatable bonds is 4. The van der Waals surface area contributed by atoms with E-state index in [1.807, 2.05) is 0 Å². The van der Waals surface area contributed by atoms with Crippen molar-refractivity contribution in [3.8, 4) is 0 Å². The van der Waals surface area contributed by atoms with Crippen molar-refractivity contribution in [2.24, 2.45) is 0 Å². The van der Waals surface area contributed by atoms with Gasteiger partial charge in [0, 0.05) is 15.2 Å². The maximum atomic E-state index is 12.2. The van der Waals surface area contributed by atoms with Gasteiger partial charge in [-0.2, -0.15) is 0 Å². The van der Waals surface area contributed by atoms with Gasteiger partial charge in [-0.3, -0.25) is 4.72 Å². The van der Waals surface area contributed by atoms with Crippen molar-refractivity contribution < 1.29 is 18.3 Å². The molecule has 8 heteroatoms. The molecule has 2 aromatic carbocycles. The predicted octanol–water partition coefficient (Wildman–Crippen LogP) is 3.60. The van der Waals surface area contributed by atoms with E-state index in [0.29, 0.717) is 15.2 Å². The SMILES string of the molecule is O=C(O)c1cc(S(=O)(=O)Nc2ccc(Cl)cc2)ccc1Br. The van der Waals surface area contributed by atoms with E-state index < -0.39 is 16.0 Å². The smallest absolute Gasteiger partial charge is 0.336 e. The summed E-state index contributed by atoms with van der Waals surface area (Å²) in [6.45, 7) is 0. The van der Waals surface area contributed by atoms with Crippen LogP contribution in [0.4, 0.5) is 5.69 Å². The third kappa shape index (κ3) is 3.75. The Bertz CT molecular complexity index is 790. The van der Waals surface area contributed by atoms with Gasteiger partial charge in [-0.15, -0.1) is 0 Å². The number of hydrogen-bond acceptors (Lipinski definition) is 3. The van der Waals surface area contributed by atoms with E-state index in [4.69, 9.17) is 16.7 Å². The Kier molecular flexibility index (Phi) is 4.55. The number of carboxylic acids is 1. The van der Waals surface area contributed by atoms with Crippen LogP contribution in [0.1, 0.15) is 10.4 Å². The van der Waals surface area contributed by atoms with Crippen LogP contribution in [0.2, 0.25) is 5.02 Å². The summed E-state index contributed by atoms with van der Waals surface area (Å²) in [7, 11) is -3.88. The first-order valence-corrected chi connectivity index (χ1v) is 8.26. The molecule has 0 saturated heterocycles. The van der Waals surface area contributed by atoms with E-state index >= 15 is 0 Å². The van der Waals surface area contributed by atoms with E-state index in [-0.39, 0.29) is 10.5 Å². The van der Waals surface area contributed by atoms with Crippen LogP contribution in [0.5, 0.6) is 0 Å². The molecule has 0 aromatic heterocycles. The van der Waals surface area contributed by atoms with E-state index in [2.05, 4.69) is 20.7 Å². The molecule has 0 radical (unpaired) electrons. The third-order valence-electron chi connectivity index (χ3n) is 2.57. The minimum Gasteiger partial charge on any atom is -0.478 e. The van der Waals surface area contributed by atoms with Crippen molar-refractivity contribution in [2.45, 2.75) is 4.90 Å². The first-order chi connectivity index (χ1) is 9.79. The number of nitrogens with one attached hydrogen (secondary N) is 1. The summed E-state index contributed by atoms with van der Waals surface area (Å²) in [5.41, 5.74) is 0.202. The topological polar surface area (TPSA) is 83.5 Å². The zero-order valence-electron chi connectivity index (χ0n) is 10.4. The quantitative estimate of drug-likeness (QED) is 0.835. The average Bonchev–Trinajstić information content (AvgIpc) is 2.41. The molecule has 21 heavy (non-hydrogen) atoms. The second-order valence-electron chi connectivity index (χ2n) is 4.06. The van der Waals surface area contributed by atoms with Gasteiger partial charge in [-0.25, -0.2) is 13.2 Å². The summed E-state index contributed by atoms with van der Waals surface area (Å²) < 4.78 is 27.1. The highest BCUT2D eigenvalue weighted by Gasteiger charge is 2.18. The highest BCUT2D eigenvalue weighted by Crippen LogP contribution is 2.23. The van der Waals surface area contributed by atoms with Crippen LogP contribution in [0, 0.1) is 0 Å². The molecule has 0 saturated carbocycles. The van der Waals surface area contributed by atoms with Crippen molar-refractivity contribution in [1.29, 1.82) is 0 Å². The Balaban J connectivity index is 2.38. The summed E-state index contributed by atoms with van der Waals surface area (Å²) in [5, 5.41) is 9.50. The van der Waals surface area contributed by atoms with Crippen molar-refractivity contribution in [3.05, 3.63) is 57.5 Å². The summed E-state index contributed by atoms with van der Waals surface area (Å²) >= 11 is 8.79. The summed E-state index contributed by atoms with van der Waals surface area (Å²) in [5.74, 6) is -1.22. The van der Waals surface area contributed by atoms with E-state index in [1.54, 1.807) is 12.1 Å².